The Morgan fingerprint density at radius 1 is 1.11 bits per heavy atom. The van der Waals surface area contributed by atoms with E-state index in [1.54, 1.807) is 7.11 Å². The Kier molecular flexibility index (Phi) is 6.93. The average Bonchev–Trinajstić information content (AvgIpc) is 2.69. The fourth-order valence-electron chi connectivity index (χ4n) is 3.35. The quantitative estimate of drug-likeness (QED) is 0.638. The molecule has 1 heterocycles. The van der Waals surface area contributed by atoms with Gasteiger partial charge in [-0.2, -0.15) is 0 Å². The van der Waals surface area contributed by atoms with Crippen LogP contribution in [0.4, 0.5) is 5.69 Å². The Morgan fingerprint density at radius 2 is 1.93 bits per heavy atom. The van der Waals surface area contributed by atoms with Crippen molar-refractivity contribution in [3.8, 4) is 5.75 Å². The third kappa shape index (κ3) is 4.84. The van der Waals surface area contributed by atoms with E-state index in [1.165, 1.54) is 0 Å². The van der Waals surface area contributed by atoms with Crippen LogP contribution in [-0.4, -0.2) is 37.7 Å². The molecule has 0 fully saturated rings. The fraction of sp³-hybridized carbons (Fsp3) is 0.435. The van der Waals surface area contributed by atoms with Gasteiger partial charge in [0.2, 0.25) is 0 Å². The van der Waals surface area contributed by atoms with Gasteiger partial charge in [0, 0.05) is 25.9 Å². The van der Waals surface area contributed by atoms with E-state index in [4.69, 9.17) is 9.47 Å². The summed E-state index contributed by atoms with van der Waals surface area (Å²) in [7, 11) is 1.68. The minimum Gasteiger partial charge on any atom is -0.494 e. The Morgan fingerprint density at radius 3 is 2.71 bits per heavy atom. The van der Waals surface area contributed by atoms with E-state index in [9.17, 15) is 4.79 Å². The minimum atomic E-state index is -0.229. The van der Waals surface area contributed by atoms with Crippen LogP contribution in [0.5, 0.6) is 5.75 Å². The van der Waals surface area contributed by atoms with Gasteiger partial charge < -0.3 is 19.7 Å². The third-order valence-electron chi connectivity index (χ3n) is 4.91. The summed E-state index contributed by atoms with van der Waals surface area (Å²) in [4.78, 5) is 15.0. The smallest absolute Gasteiger partial charge is 0.257 e. The number of ether oxygens (including phenoxy) is 2. The lowest BCUT2D eigenvalue weighted by Crippen LogP contribution is -2.43. The van der Waals surface area contributed by atoms with Crippen molar-refractivity contribution in [1.29, 1.82) is 0 Å². The lowest BCUT2D eigenvalue weighted by atomic mass is 10.0. The first-order valence-electron chi connectivity index (χ1n) is 9.98. The Labute approximate surface area is 167 Å². The molecule has 0 aliphatic carbocycles. The predicted molar refractivity (Wildman–Crippen MR) is 112 cm³/mol. The van der Waals surface area contributed by atoms with Crippen LogP contribution in [0.2, 0.25) is 0 Å². The molecule has 28 heavy (non-hydrogen) atoms. The number of hydrogen-bond donors (Lipinski definition) is 1. The number of carbonyl (C=O) groups excluding carboxylic acids is 1. The molecule has 5 heteroatoms. The first-order chi connectivity index (χ1) is 13.6. The van der Waals surface area contributed by atoms with Gasteiger partial charge in [0.25, 0.3) is 5.91 Å². The number of anilines is 1. The number of carbonyl (C=O) groups is 1. The first-order valence-corrected chi connectivity index (χ1v) is 9.98. The van der Waals surface area contributed by atoms with Crippen LogP contribution >= 0.6 is 0 Å². The molecule has 0 saturated carbocycles. The Balaban J connectivity index is 1.84. The van der Waals surface area contributed by atoms with Crippen molar-refractivity contribution in [2.75, 3.05) is 32.2 Å². The maximum Gasteiger partial charge on any atom is 0.257 e. The van der Waals surface area contributed by atoms with Crippen molar-refractivity contribution in [2.45, 2.75) is 32.9 Å². The van der Waals surface area contributed by atoms with Gasteiger partial charge in [-0.3, -0.25) is 4.79 Å². The van der Waals surface area contributed by atoms with Crippen LogP contribution in [0.25, 0.3) is 0 Å². The highest BCUT2D eigenvalue weighted by Crippen LogP contribution is 2.34. The summed E-state index contributed by atoms with van der Waals surface area (Å²) in [5, 5.41) is 3.53. The maximum absolute atomic E-state index is 13.1. The summed E-state index contributed by atoms with van der Waals surface area (Å²) >= 11 is 0. The number of hydrogen-bond acceptors (Lipinski definition) is 4. The summed E-state index contributed by atoms with van der Waals surface area (Å²) < 4.78 is 11.1. The largest absolute Gasteiger partial charge is 0.494 e. The minimum absolute atomic E-state index is 0.0431. The molecule has 0 bridgehead atoms. The van der Waals surface area contributed by atoms with Crippen LogP contribution in [0.3, 0.4) is 0 Å². The molecule has 2 aromatic rings. The third-order valence-corrected chi connectivity index (χ3v) is 4.91. The van der Waals surface area contributed by atoms with Gasteiger partial charge in [-0.25, -0.2) is 0 Å². The zero-order chi connectivity index (χ0) is 19.9. The van der Waals surface area contributed by atoms with E-state index in [0.29, 0.717) is 31.2 Å². The normalized spacial score (nSPS) is 16.1. The van der Waals surface area contributed by atoms with Crippen molar-refractivity contribution in [3.05, 3.63) is 59.7 Å². The number of fused-ring (bicyclic) bond motifs is 1. The summed E-state index contributed by atoms with van der Waals surface area (Å²) in [6.45, 7) is 6.31. The SMILES string of the molecule is COCCCN1C(=O)c2ccccc2NC1c1cccc(OCCC(C)C)c1. The number of nitrogens with one attached hydrogen (secondary N) is 1. The number of rotatable bonds is 9. The molecule has 0 saturated heterocycles. The van der Waals surface area contributed by atoms with Crippen LogP contribution in [0.1, 0.15) is 48.8 Å². The van der Waals surface area contributed by atoms with Crippen molar-refractivity contribution >= 4 is 11.6 Å². The molecule has 150 valence electrons. The van der Waals surface area contributed by atoms with Gasteiger partial charge >= 0.3 is 0 Å². The molecule has 1 unspecified atom stereocenters. The van der Waals surface area contributed by atoms with E-state index in [0.717, 1.165) is 29.8 Å². The van der Waals surface area contributed by atoms with Gasteiger partial charge in [-0.15, -0.1) is 0 Å². The molecular formula is C23H30N2O3. The van der Waals surface area contributed by atoms with E-state index in [-0.39, 0.29) is 12.1 Å². The number of amides is 1. The first kappa shape index (κ1) is 20.2. The van der Waals surface area contributed by atoms with Crippen molar-refractivity contribution in [3.63, 3.8) is 0 Å². The Hall–Kier alpha value is -2.53. The topological polar surface area (TPSA) is 50.8 Å². The number of benzene rings is 2. The van der Waals surface area contributed by atoms with Crippen LogP contribution in [0.15, 0.2) is 48.5 Å². The lowest BCUT2D eigenvalue weighted by Gasteiger charge is -2.38. The second-order valence-corrected chi connectivity index (χ2v) is 7.54. The maximum atomic E-state index is 13.1. The summed E-state index contributed by atoms with van der Waals surface area (Å²) in [5.74, 6) is 1.48. The molecule has 5 nitrogen and oxygen atoms in total. The second kappa shape index (κ2) is 9.60. The number of methoxy groups -OCH3 is 1. The van der Waals surface area contributed by atoms with Gasteiger partial charge in [-0.1, -0.05) is 38.1 Å². The Bertz CT molecular complexity index is 791. The van der Waals surface area contributed by atoms with Crippen molar-refractivity contribution in [2.24, 2.45) is 5.92 Å². The zero-order valence-corrected chi connectivity index (χ0v) is 17.0. The molecule has 3 rings (SSSR count). The highest BCUT2D eigenvalue weighted by molar-refractivity contribution is 6.01. The standard InChI is InChI=1S/C23H30N2O3/c1-17(2)12-15-28-19-9-6-8-18(16-19)22-24-21-11-5-4-10-20(21)23(26)25(22)13-7-14-27-3/h4-6,8-11,16-17,22,24H,7,12-15H2,1-3H3. The molecule has 1 aliphatic heterocycles. The molecule has 0 radical (unpaired) electrons. The predicted octanol–water partition coefficient (Wildman–Crippen LogP) is 4.71. The number of nitrogens with zero attached hydrogens (tertiary/aromatic N) is 1. The molecule has 1 aliphatic rings. The van der Waals surface area contributed by atoms with E-state index in [2.05, 4.69) is 19.2 Å². The van der Waals surface area contributed by atoms with E-state index in [1.807, 2.05) is 53.4 Å². The summed E-state index contributed by atoms with van der Waals surface area (Å²) in [6.07, 6.45) is 1.57. The average molecular weight is 383 g/mol. The van der Waals surface area contributed by atoms with E-state index >= 15 is 0 Å². The number of para-hydroxylation sites is 1. The molecular weight excluding hydrogens is 352 g/mol. The van der Waals surface area contributed by atoms with Gasteiger partial charge in [0.15, 0.2) is 0 Å². The van der Waals surface area contributed by atoms with Crippen molar-refractivity contribution in [1.82, 2.24) is 4.90 Å². The highest BCUT2D eigenvalue weighted by Gasteiger charge is 2.32. The molecule has 2 aromatic carbocycles. The van der Waals surface area contributed by atoms with Gasteiger partial charge in [-0.05, 0) is 48.6 Å². The van der Waals surface area contributed by atoms with Crippen molar-refractivity contribution < 1.29 is 14.3 Å². The van der Waals surface area contributed by atoms with Gasteiger partial charge in [0.1, 0.15) is 11.9 Å². The van der Waals surface area contributed by atoms with E-state index < -0.39 is 0 Å². The second-order valence-electron chi connectivity index (χ2n) is 7.54. The zero-order valence-electron chi connectivity index (χ0n) is 17.0. The highest BCUT2D eigenvalue weighted by atomic mass is 16.5. The molecule has 0 aromatic heterocycles. The van der Waals surface area contributed by atoms with Crippen LogP contribution in [0, 0.1) is 5.92 Å². The summed E-state index contributed by atoms with van der Waals surface area (Å²) in [5.41, 5.74) is 2.59. The molecule has 1 N–H and O–H groups in total. The fourth-order valence-corrected chi connectivity index (χ4v) is 3.35. The summed E-state index contributed by atoms with van der Waals surface area (Å²) in [6, 6.07) is 15.7. The molecule has 1 amide bonds. The monoisotopic (exact) mass is 382 g/mol. The molecule has 0 spiro atoms. The van der Waals surface area contributed by atoms with Gasteiger partial charge in [0.05, 0.1) is 12.2 Å². The lowest BCUT2D eigenvalue weighted by molar-refractivity contribution is 0.0660. The molecule has 1 atom stereocenters. The van der Waals surface area contributed by atoms with Crippen LogP contribution in [-0.2, 0) is 4.74 Å². The van der Waals surface area contributed by atoms with Crippen LogP contribution < -0.4 is 10.1 Å².